The van der Waals surface area contributed by atoms with Crippen molar-refractivity contribution >= 4 is 35.7 Å². The number of aromatic hydroxyl groups is 1. The van der Waals surface area contributed by atoms with Crippen LogP contribution in [0.3, 0.4) is 0 Å². The Morgan fingerprint density at radius 1 is 0.828 bits per heavy atom. The lowest BCUT2D eigenvalue weighted by Gasteiger charge is -2.62. The van der Waals surface area contributed by atoms with Crippen LogP contribution in [-0.2, 0) is 50.1 Å². The number of piperidine rings is 1. The molecule has 1 fully saturated rings. The van der Waals surface area contributed by atoms with E-state index in [0.717, 1.165) is 5.56 Å². The van der Waals surface area contributed by atoms with E-state index in [1.54, 1.807) is 42.5 Å². The Hall–Kier alpha value is -6.30. The minimum absolute atomic E-state index is 0.0613. The third-order valence-corrected chi connectivity index (χ3v) is 11.5. The largest absolute Gasteiger partial charge is 0.504 e. The molecule has 8 atom stereocenters. The Morgan fingerprint density at radius 3 is 1.93 bits per heavy atom. The molecule has 2 amide bonds. The zero-order chi connectivity index (χ0) is 41.5. The van der Waals surface area contributed by atoms with Crippen LogP contribution in [0.15, 0.2) is 84.6 Å². The van der Waals surface area contributed by atoms with Gasteiger partial charge in [-0.1, -0.05) is 66.7 Å². The number of rotatable bonds is 14. The average molecular weight is 800 g/mol. The summed E-state index contributed by atoms with van der Waals surface area (Å²) in [7, 11) is 1.84. The first-order valence-corrected chi connectivity index (χ1v) is 18.5. The molecule has 3 aromatic rings. The maximum absolute atomic E-state index is 14.0. The second kappa shape index (κ2) is 15.6. The van der Waals surface area contributed by atoms with E-state index in [9.17, 15) is 54.3 Å². The lowest BCUT2D eigenvalue weighted by Crippen LogP contribution is -2.75. The van der Waals surface area contributed by atoms with Gasteiger partial charge in [0.05, 0.1) is 24.3 Å². The highest BCUT2D eigenvalue weighted by Crippen LogP contribution is 2.66. The predicted molar refractivity (Wildman–Crippen MR) is 198 cm³/mol. The number of nitrogens with one attached hydrogen (secondary N) is 2. The number of aliphatic hydroxyl groups excluding tert-OH is 2. The normalized spacial score (nSPS) is 24.6. The van der Waals surface area contributed by atoms with Gasteiger partial charge in [-0.2, -0.15) is 0 Å². The number of likely N-dealkylation sites (tertiary alicyclic amines) is 1. The number of nitrogens with zero attached hydrogens (tertiary/aromatic N) is 1. The van der Waals surface area contributed by atoms with Gasteiger partial charge in [-0.25, -0.2) is 9.59 Å². The molecule has 304 valence electrons. The SMILES string of the molecule is CN1CCC23c4c5ccc(O)c4OC2C(OC(=O)C[C@H](NC(=O)[C@@H](O)c2ccccc2)C(=O)O)=CC[C@@]3(OC(=O)C[C@H](NC(=O)[C@@H](O)c2ccccc2)C(=O)O)[C@H]1C5. The molecule has 2 heterocycles. The predicted octanol–water partition coefficient (Wildman–Crippen LogP) is 1.15. The van der Waals surface area contributed by atoms with E-state index in [0.29, 0.717) is 18.5 Å². The molecule has 3 aromatic carbocycles. The standard InChI is InChI=1S/C41H41N3O14/c1-44-17-16-40-31-23-12-13-26(45)34(31)57-35(40)27(56-29(46)19-24(38(52)53)42-36(50)32(48)21-8-4-2-5-9-21)14-15-41(40,28(44)18-23)58-30(47)20-25(39(54)55)43-37(51)33(49)22-10-6-3-7-11-22/h2-14,24-25,28,32-33,35,45,48-49H,15-20H2,1H3,(H,42,50)(H,43,51)(H,52,53)(H,54,55)/t24-,25-,28+,32-,33-,35?,40?,41+/m0/s1. The summed E-state index contributed by atoms with van der Waals surface area (Å²) in [6, 6.07) is 14.7. The molecule has 1 spiro atoms. The summed E-state index contributed by atoms with van der Waals surface area (Å²) in [6.07, 6.45) is -4.37. The van der Waals surface area contributed by atoms with Crippen LogP contribution in [-0.4, -0.2) is 110 Å². The molecule has 2 unspecified atom stereocenters. The van der Waals surface area contributed by atoms with Gasteiger partial charge in [0, 0.05) is 12.0 Å². The van der Waals surface area contributed by atoms with Gasteiger partial charge >= 0.3 is 23.9 Å². The number of carboxylic acid groups (broad SMARTS) is 2. The first kappa shape index (κ1) is 39.9. The van der Waals surface area contributed by atoms with Crippen molar-refractivity contribution < 1.29 is 68.5 Å². The maximum atomic E-state index is 14.0. The molecule has 0 aromatic heterocycles. The highest BCUT2D eigenvalue weighted by Gasteiger charge is 2.74. The Kier molecular flexibility index (Phi) is 10.7. The Balaban J connectivity index is 1.16. The van der Waals surface area contributed by atoms with Gasteiger partial charge in [0.2, 0.25) is 0 Å². The van der Waals surface area contributed by atoms with Crippen molar-refractivity contribution in [1.82, 2.24) is 15.5 Å². The number of hydrogen-bond donors (Lipinski definition) is 7. The number of carbonyl (C=O) groups is 6. The van der Waals surface area contributed by atoms with Crippen LogP contribution < -0.4 is 15.4 Å². The Bertz CT molecular complexity index is 2180. The van der Waals surface area contributed by atoms with E-state index >= 15 is 0 Å². The highest BCUT2D eigenvalue weighted by molar-refractivity contribution is 5.90. The van der Waals surface area contributed by atoms with E-state index in [1.165, 1.54) is 36.4 Å². The fourth-order valence-corrected chi connectivity index (χ4v) is 8.83. The van der Waals surface area contributed by atoms with Crippen molar-refractivity contribution in [2.75, 3.05) is 13.6 Å². The van der Waals surface area contributed by atoms with Crippen LogP contribution in [0.25, 0.3) is 0 Å². The number of carboxylic acids is 2. The molecule has 7 rings (SSSR count). The van der Waals surface area contributed by atoms with Gasteiger partial charge in [-0.05, 0) is 55.3 Å². The fraction of sp³-hybridized carbons (Fsp3) is 0.366. The van der Waals surface area contributed by atoms with Crippen LogP contribution in [0.5, 0.6) is 11.5 Å². The van der Waals surface area contributed by atoms with E-state index in [-0.39, 0.29) is 41.2 Å². The topological polar surface area (TPSA) is 259 Å². The number of likely N-dealkylation sites (N-methyl/N-ethyl adjacent to an activating group) is 1. The van der Waals surface area contributed by atoms with Crippen molar-refractivity contribution in [2.45, 2.75) is 79.6 Å². The molecule has 4 aliphatic rings. The lowest BCUT2D eigenvalue weighted by atomic mass is 9.50. The second-order valence-corrected chi connectivity index (χ2v) is 14.8. The number of amides is 2. The summed E-state index contributed by atoms with van der Waals surface area (Å²) in [6.45, 7) is 0.432. The molecule has 0 saturated carbocycles. The van der Waals surface area contributed by atoms with Crippen molar-refractivity contribution in [3.05, 3.63) is 107 Å². The molecule has 58 heavy (non-hydrogen) atoms. The summed E-state index contributed by atoms with van der Waals surface area (Å²) in [5.74, 6) is -7.50. The summed E-state index contributed by atoms with van der Waals surface area (Å²) in [4.78, 5) is 79.7. The van der Waals surface area contributed by atoms with Gasteiger partial charge in [0.25, 0.3) is 11.8 Å². The van der Waals surface area contributed by atoms with Crippen LogP contribution in [0.2, 0.25) is 0 Å². The van der Waals surface area contributed by atoms with Gasteiger partial charge < -0.3 is 50.4 Å². The molecule has 2 aliphatic heterocycles. The zero-order valence-corrected chi connectivity index (χ0v) is 31.1. The van der Waals surface area contributed by atoms with Crippen LogP contribution >= 0.6 is 0 Å². The molecule has 17 nitrogen and oxygen atoms in total. The third kappa shape index (κ3) is 6.90. The second-order valence-electron chi connectivity index (χ2n) is 14.8. The number of aliphatic carboxylic acids is 2. The maximum Gasteiger partial charge on any atom is 0.326 e. The Labute approximate surface area is 330 Å². The number of phenols is 1. The molecule has 1 saturated heterocycles. The molecule has 2 aliphatic carbocycles. The van der Waals surface area contributed by atoms with Gasteiger partial charge in [0.15, 0.2) is 29.8 Å². The van der Waals surface area contributed by atoms with Crippen LogP contribution in [0.4, 0.5) is 0 Å². The smallest absolute Gasteiger partial charge is 0.326 e. The van der Waals surface area contributed by atoms with Gasteiger partial charge in [-0.15, -0.1) is 0 Å². The molecule has 17 heteroatoms. The summed E-state index contributed by atoms with van der Waals surface area (Å²) >= 11 is 0. The number of phenolic OH excluding ortho intramolecular Hbond substituents is 1. The number of hydrogen-bond acceptors (Lipinski definition) is 13. The van der Waals surface area contributed by atoms with E-state index in [2.05, 4.69) is 10.6 Å². The number of ether oxygens (including phenoxy) is 3. The van der Waals surface area contributed by atoms with Crippen molar-refractivity contribution in [1.29, 1.82) is 0 Å². The summed E-state index contributed by atoms with van der Waals surface area (Å²) < 4.78 is 18.6. The Morgan fingerprint density at radius 2 is 1.38 bits per heavy atom. The van der Waals surface area contributed by atoms with Crippen LogP contribution in [0.1, 0.15) is 60.1 Å². The monoisotopic (exact) mass is 799 g/mol. The molecular weight excluding hydrogens is 758 g/mol. The first-order chi connectivity index (χ1) is 27.7. The molecule has 7 N–H and O–H groups in total. The lowest BCUT2D eigenvalue weighted by molar-refractivity contribution is -0.207. The minimum atomic E-state index is -1.79. The van der Waals surface area contributed by atoms with Crippen molar-refractivity contribution in [2.24, 2.45) is 0 Å². The van der Waals surface area contributed by atoms with Crippen molar-refractivity contribution in [3.63, 3.8) is 0 Å². The van der Waals surface area contributed by atoms with E-state index in [4.69, 9.17) is 14.2 Å². The van der Waals surface area contributed by atoms with E-state index < -0.39 is 96.0 Å². The van der Waals surface area contributed by atoms with Gasteiger partial charge in [0.1, 0.15) is 23.4 Å². The molecular formula is C41H41N3O14. The number of aliphatic hydroxyl groups is 2. The van der Waals surface area contributed by atoms with E-state index in [1.807, 2.05) is 11.9 Å². The first-order valence-electron chi connectivity index (χ1n) is 18.5. The van der Waals surface area contributed by atoms with Crippen LogP contribution in [0, 0.1) is 0 Å². The fourth-order valence-electron chi connectivity index (χ4n) is 8.83. The van der Waals surface area contributed by atoms with Gasteiger partial charge in [-0.3, -0.25) is 24.1 Å². The molecule has 2 bridgehead atoms. The summed E-state index contributed by atoms with van der Waals surface area (Å²) in [5.41, 5.74) is -1.10. The minimum Gasteiger partial charge on any atom is -0.504 e. The molecule has 0 radical (unpaired) electrons. The number of carbonyl (C=O) groups excluding carboxylic acids is 4. The average Bonchev–Trinajstić information content (AvgIpc) is 3.57. The summed E-state index contributed by atoms with van der Waals surface area (Å²) in [5, 5.41) is 56.4. The highest BCUT2D eigenvalue weighted by atomic mass is 16.6. The third-order valence-electron chi connectivity index (χ3n) is 11.5. The number of benzene rings is 3. The number of esters is 2. The zero-order valence-electron chi connectivity index (χ0n) is 31.1. The quantitative estimate of drug-likeness (QED) is 0.113. The van der Waals surface area contributed by atoms with Crippen molar-refractivity contribution in [3.8, 4) is 11.5 Å².